The van der Waals surface area contributed by atoms with Crippen LogP contribution in [0.1, 0.15) is 61.8 Å². The lowest BCUT2D eigenvalue weighted by Gasteiger charge is -2.23. The molecule has 0 bridgehead atoms. The maximum Gasteiger partial charge on any atom is 0.416 e. The molecule has 0 aliphatic rings. The number of benzene rings is 1. The summed E-state index contributed by atoms with van der Waals surface area (Å²) in [5.74, 6) is -1.29. The maximum absolute atomic E-state index is 13.1. The second-order valence-electron chi connectivity index (χ2n) is 5.33. The van der Waals surface area contributed by atoms with Gasteiger partial charge < -0.3 is 0 Å². The van der Waals surface area contributed by atoms with E-state index in [9.17, 15) is 26.3 Å². The summed E-state index contributed by atoms with van der Waals surface area (Å²) < 4.78 is 78.3. The monoisotopic (exact) mass is 298 g/mol. The largest absolute Gasteiger partial charge is 0.416 e. The van der Waals surface area contributed by atoms with E-state index >= 15 is 0 Å². The summed E-state index contributed by atoms with van der Waals surface area (Å²) in [6.07, 6.45) is -9.60. The molecular weight excluding hydrogens is 282 g/mol. The van der Waals surface area contributed by atoms with Crippen LogP contribution in [0.5, 0.6) is 0 Å². The molecule has 0 saturated carbocycles. The van der Waals surface area contributed by atoms with E-state index < -0.39 is 40.9 Å². The molecule has 1 rings (SSSR count). The van der Waals surface area contributed by atoms with Crippen molar-refractivity contribution < 1.29 is 26.3 Å². The first kappa shape index (κ1) is 16.9. The lowest BCUT2D eigenvalue weighted by molar-refractivity contribution is -0.144. The van der Waals surface area contributed by atoms with Gasteiger partial charge >= 0.3 is 12.4 Å². The second-order valence-corrected chi connectivity index (χ2v) is 5.33. The van der Waals surface area contributed by atoms with Crippen molar-refractivity contribution in [3.63, 3.8) is 0 Å². The molecule has 0 aliphatic heterocycles. The van der Waals surface area contributed by atoms with E-state index in [0.29, 0.717) is 0 Å². The highest BCUT2D eigenvalue weighted by atomic mass is 19.4. The minimum atomic E-state index is -4.80. The summed E-state index contributed by atoms with van der Waals surface area (Å²) in [6.45, 7) is 5.78. The normalized spacial score (nSPS) is 13.4. The third kappa shape index (κ3) is 3.46. The zero-order chi connectivity index (χ0) is 15.9. The van der Waals surface area contributed by atoms with Crippen LogP contribution in [0.25, 0.3) is 0 Å². The Hall–Kier alpha value is -1.20. The molecule has 0 radical (unpaired) electrons. The van der Waals surface area contributed by atoms with Gasteiger partial charge in [0.1, 0.15) is 0 Å². The van der Waals surface area contributed by atoms with Gasteiger partial charge in [-0.25, -0.2) is 0 Å². The highest BCUT2D eigenvalue weighted by molar-refractivity contribution is 5.45. The molecule has 0 unspecified atom stereocenters. The van der Waals surface area contributed by atoms with Crippen LogP contribution < -0.4 is 0 Å². The zero-order valence-corrected chi connectivity index (χ0v) is 11.6. The van der Waals surface area contributed by atoms with E-state index in [2.05, 4.69) is 0 Å². The second kappa shape index (κ2) is 5.30. The topological polar surface area (TPSA) is 0 Å². The molecular formula is C14H16F6. The fourth-order valence-electron chi connectivity index (χ4n) is 2.10. The van der Waals surface area contributed by atoms with Crippen molar-refractivity contribution in [2.45, 2.75) is 51.9 Å². The molecule has 0 atom stereocenters. The van der Waals surface area contributed by atoms with Crippen molar-refractivity contribution in [2.75, 3.05) is 0 Å². The van der Waals surface area contributed by atoms with E-state index in [-0.39, 0.29) is 5.56 Å². The number of rotatable bonds is 2. The Balaban J connectivity index is 3.77. The number of halogens is 6. The molecule has 0 N–H and O–H groups in total. The third-order valence-electron chi connectivity index (χ3n) is 3.06. The van der Waals surface area contributed by atoms with Crippen molar-refractivity contribution in [3.05, 3.63) is 34.4 Å². The highest BCUT2D eigenvalue weighted by Crippen LogP contribution is 2.44. The van der Waals surface area contributed by atoms with E-state index in [0.717, 1.165) is 12.1 Å². The first-order valence-corrected chi connectivity index (χ1v) is 6.18. The third-order valence-corrected chi connectivity index (χ3v) is 3.06. The summed E-state index contributed by atoms with van der Waals surface area (Å²) in [5, 5.41) is 0. The van der Waals surface area contributed by atoms with Crippen LogP contribution in [0.3, 0.4) is 0 Å². The number of hydrogen-bond donors (Lipinski definition) is 0. The molecule has 20 heavy (non-hydrogen) atoms. The molecule has 0 spiro atoms. The van der Waals surface area contributed by atoms with E-state index in [1.165, 1.54) is 13.8 Å². The molecule has 0 aromatic heterocycles. The summed E-state index contributed by atoms with van der Waals surface area (Å²) >= 11 is 0. The van der Waals surface area contributed by atoms with E-state index in [4.69, 9.17) is 0 Å². The lowest BCUT2D eigenvalue weighted by atomic mass is 9.87. The van der Waals surface area contributed by atoms with E-state index in [1.54, 1.807) is 13.8 Å². The molecule has 0 nitrogen and oxygen atoms in total. The van der Waals surface area contributed by atoms with Crippen LogP contribution in [-0.2, 0) is 12.4 Å². The molecule has 0 heterocycles. The van der Waals surface area contributed by atoms with Gasteiger partial charge in [0, 0.05) is 0 Å². The van der Waals surface area contributed by atoms with Crippen LogP contribution in [0.4, 0.5) is 26.3 Å². The average Bonchev–Trinajstić information content (AvgIpc) is 2.24. The highest BCUT2D eigenvalue weighted by Gasteiger charge is 2.42. The maximum atomic E-state index is 13.1. The zero-order valence-electron chi connectivity index (χ0n) is 11.6. The van der Waals surface area contributed by atoms with Gasteiger partial charge in [0.2, 0.25) is 0 Å². The molecule has 0 fully saturated rings. The predicted octanol–water partition coefficient (Wildman–Crippen LogP) is 5.97. The standard InChI is InChI=1S/C14H16F6/c1-7(2)9-5-10(13(15,16)17)12(8(3)4)11(6-9)14(18,19)20/h5-8H,1-4H3. The SMILES string of the molecule is CC(C)c1cc(C(F)(F)F)c(C(C)C)c(C(F)(F)F)c1. The first-order valence-electron chi connectivity index (χ1n) is 6.18. The van der Waals surface area contributed by atoms with Crippen molar-refractivity contribution in [2.24, 2.45) is 0 Å². The van der Waals surface area contributed by atoms with Crippen molar-refractivity contribution in [3.8, 4) is 0 Å². The quantitative estimate of drug-likeness (QED) is 0.590. The van der Waals surface area contributed by atoms with Crippen LogP contribution in [0.15, 0.2) is 12.1 Å². The molecule has 114 valence electrons. The molecule has 6 heteroatoms. The van der Waals surface area contributed by atoms with Crippen LogP contribution in [0.2, 0.25) is 0 Å². The van der Waals surface area contributed by atoms with Crippen molar-refractivity contribution in [1.82, 2.24) is 0 Å². The van der Waals surface area contributed by atoms with Gasteiger partial charge in [-0.1, -0.05) is 27.7 Å². The van der Waals surface area contributed by atoms with Crippen molar-refractivity contribution >= 4 is 0 Å². The summed E-state index contributed by atoms with van der Waals surface area (Å²) in [6, 6.07) is 1.66. The summed E-state index contributed by atoms with van der Waals surface area (Å²) in [7, 11) is 0. The van der Waals surface area contributed by atoms with Crippen LogP contribution in [-0.4, -0.2) is 0 Å². The fraction of sp³-hybridized carbons (Fsp3) is 0.571. The number of hydrogen-bond acceptors (Lipinski definition) is 0. The fourth-order valence-corrected chi connectivity index (χ4v) is 2.10. The molecule has 0 amide bonds. The first-order chi connectivity index (χ1) is 8.85. The van der Waals surface area contributed by atoms with Gasteiger partial charge in [0.25, 0.3) is 0 Å². The van der Waals surface area contributed by atoms with Gasteiger partial charge in [0.05, 0.1) is 11.1 Å². The molecule has 1 aromatic carbocycles. The Labute approximate surface area is 113 Å². The average molecular weight is 298 g/mol. The minimum Gasteiger partial charge on any atom is -0.166 e. The van der Waals surface area contributed by atoms with E-state index in [1.807, 2.05) is 0 Å². The van der Waals surface area contributed by atoms with Crippen LogP contribution >= 0.6 is 0 Å². The molecule has 0 saturated heterocycles. The Morgan fingerprint density at radius 3 is 1.25 bits per heavy atom. The Kier molecular flexibility index (Phi) is 4.46. The smallest absolute Gasteiger partial charge is 0.166 e. The summed E-state index contributed by atoms with van der Waals surface area (Å²) in [4.78, 5) is 0. The Morgan fingerprint density at radius 2 is 1.05 bits per heavy atom. The van der Waals surface area contributed by atoms with Crippen LogP contribution in [0, 0.1) is 0 Å². The van der Waals surface area contributed by atoms with Gasteiger partial charge in [0.15, 0.2) is 0 Å². The predicted molar refractivity (Wildman–Crippen MR) is 64.6 cm³/mol. The summed E-state index contributed by atoms with van der Waals surface area (Å²) in [5.41, 5.74) is -3.03. The molecule has 1 aromatic rings. The lowest BCUT2D eigenvalue weighted by Crippen LogP contribution is -2.18. The Bertz CT molecular complexity index is 444. The van der Waals surface area contributed by atoms with Crippen molar-refractivity contribution in [1.29, 1.82) is 0 Å². The van der Waals surface area contributed by atoms with Gasteiger partial charge in [-0.15, -0.1) is 0 Å². The van der Waals surface area contributed by atoms with Gasteiger partial charge in [-0.05, 0) is 35.1 Å². The Morgan fingerprint density at radius 1 is 0.700 bits per heavy atom. The number of alkyl halides is 6. The minimum absolute atomic E-state index is 0.0362. The molecule has 0 aliphatic carbocycles. The van der Waals surface area contributed by atoms with Gasteiger partial charge in [-0.3, -0.25) is 0 Å². The van der Waals surface area contributed by atoms with Gasteiger partial charge in [-0.2, -0.15) is 26.3 Å².